The minimum absolute atomic E-state index is 0.121. The molecule has 1 aromatic carbocycles. The van der Waals surface area contributed by atoms with Crippen LogP contribution in [0.15, 0.2) is 18.2 Å². The number of hydrogen-bond donors (Lipinski definition) is 2. The monoisotopic (exact) mass is 263 g/mol. The van der Waals surface area contributed by atoms with Crippen LogP contribution < -0.4 is 15.8 Å². The van der Waals surface area contributed by atoms with E-state index in [4.69, 9.17) is 20.5 Å². The van der Waals surface area contributed by atoms with Gasteiger partial charge in [-0.05, 0) is 12.1 Å². The van der Waals surface area contributed by atoms with Gasteiger partial charge in [-0.2, -0.15) is 5.26 Å². The fourth-order valence-electron chi connectivity index (χ4n) is 1.58. The Hall–Kier alpha value is -2.10. The standard InChI is InChI=1S/C13H17N3O3/c1-18-10(8-15)6-12(17)16-13-9(7-14)4-3-5-11(13)19-2/h3-5,10H,6,8,15H2,1-2H3,(H,16,17). The molecule has 1 atom stereocenters. The molecule has 19 heavy (non-hydrogen) atoms. The van der Waals surface area contributed by atoms with E-state index in [1.165, 1.54) is 14.2 Å². The predicted molar refractivity (Wildman–Crippen MR) is 70.8 cm³/mol. The molecular weight excluding hydrogens is 246 g/mol. The van der Waals surface area contributed by atoms with Crippen LogP contribution in [-0.4, -0.2) is 32.8 Å². The number of ether oxygens (including phenoxy) is 2. The fraction of sp³-hybridized carbons (Fsp3) is 0.385. The highest BCUT2D eigenvalue weighted by Crippen LogP contribution is 2.27. The number of benzene rings is 1. The number of para-hydroxylation sites is 1. The first-order valence-corrected chi connectivity index (χ1v) is 5.76. The summed E-state index contributed by atoms with van der Waals surface area (Å²) in [5.41, 5.74) is 6.16. The quantitative estimate of drug-likeness (QED) is 0.793. The number of carbonyl (C=O) groups excluding carboxylic acids is 1. The Morgan fingerprint density at radius 1 is 1.53 bits per heavy atom. The van der Waals surface area contributed by atoms with Crippen LogP contribution in [0.25, 0.3) is 0 Å². The Kier molecular flexibility index (Phi) is 5.79. The fourth-order valence-corrected chi connectivity index (χ4v) is 1.58. The van der Waals surface area contributed by atoms with Gasteiger partial charge in [0.25, 0.3) is 0 Å². The maximum absolute atomic E-state index is 11.9. The maximum Gasteiger partial charge on any atom is 0.227 e. The maximum atomic E-state index is 11.9. The highest BCUT2D eigenvalue weighted by molar-refractivity contribution is 5.94. The molecule has 0 aliphatic heterocycles. The van der Waals surface area contributed by atoms with Gasteiger partial charge in [0.05, 0.1) is 25.2 Å². The topological polar surface area (TPSA) is 97.4 Å². The van der Waals surface area contributed by atoms with Crippen LogP contribution in [0.2, 0.25) is 0 Å². The third-order valence-corrected chi connectivity index (χ3v) is 2.64. The van der Waals surface area contributed by atoms with Gasteiger partial charge in [-0.1, -0.05) is 6.07 Å². The first kappa shape index (κ1) is 15.0. The van der Waals surface area contributed by atoms with E-state index < -0.39 is 0 Å². The van der Waals surface area contributed by atoms with E-state index in [9.17, 15) is 4.79 Å². The number of rotatable bonds is 6. The Labute approximate surface area is 112 Å². The molecular formula is C13H17N3O3. The van der Waals surface area contributed by atoms with Crippen molar-refractivity contribution in [3.05, 3.63) is 23.8 Å². The molecule has 1 unspecified atom stereocenters. The normalized spacial score (nSPS) is 11.5. The van der Waals surface area contributed by atoms with Crippen LogP contribution >= 0.6 is 0 Å². The summed E-state index contributed by atoms with van der Waals surface area (Å²) in [4.78, 5) is 11.9. The molecule has 0 spiro atoms. The van der Waals surface area contributed by atoms with Crippen molar-refractivity contribution in [2.75, 3.05) is 26.1 Å². The van der Waals surface area contributed by atoms with E-state index in [0.717, 1.165) is 0 Å². The van der Waals surface area contributed by atoms with Gasteiger partial charge in [0.15, 0.2) is 0 Å². The molecule has 0 fully saturated rings. The predicted octanol–water partition coefficient (Wildman–Crippen LogP) is 0.869. The molecule has 6 nitrogen and oxygen atoms in total. The highest BCUT2D eigenvalue weighted by atomic mass is 16.5. The molecule has 1 aromatic rings. The minimum Gasteiger partial charge on any atom is -0.495 e. The van der Waals surface area contributed by atoms with Crippen LogP contribution in [0.3, 0.4) is 0 Å². The van der Waals surface area contributed by atoms with Gasteiger partial charge in [-0.25, -0.2) is 0 Å². The van der Waals surface area contributed by atoms with Gasteiger partial charge in [0.2, 0.25) is 5.91 Å². The first-order chi connectivity index (χ1) is 9.15. The summed E-state index contributed by atoms with van der Waals surface area (Å²) in [6.07, 6.45) is -0.226. The average molecular weight is 263 g/mol. The van der Waals surface area contributed by atoms with Crippen LogP contribution in [0.5, 0.6) is 5.75 Å². The van der Waals surface area contributed by atoms with Crippen molar-refractivity contribution in [3.63, 3.8) is 0 Å². The van der Waals surface area contributed by atoms with Crippen LogP contribution in [0, 0.1) is 11.3 Å². The number of amides is 1. The van der Waals surface area contributed by atoms with Gasteiger partial charge in [-0.3, -0.25) is 4.79 Å². The van der Waals surface area contributed by atoms with Crippen LogP contribution in [-0.2, 0) is 9.53 Å². The summed E-state index contributed by atoms with van der Waals surface area (Å²) in [5.74, 6) is 0.160. The smallest absolute Gasteiger partial charge is 0.227 e. The zero-order valence-electron chi connectivity index (χ0n) is 11.0. The molecule has 1 rings (SSSR count). The van der Waals surface area contributed by atoms with Gasteiger partial charge in [-0.15, -0.1) is 0 Å². The van der Waals surface area contributed by atoms with E-state index >= 15 is 0 Å². The van der Waals surface area contributed by atoms with Crippen molar-refractivity contribution in [1.29, 1.82) is 5.26 Å². The second-order valence-electron chi connectivity index (χ2n) is 3.84. The molecule has 3 N–H and O–H groups in total. The number of methoxy groups -OCH3 is 2. The van der Waals surface area contributed by atoms with Crippen LogP contribution in [0.1, 0.15) is 12.0 Å². The Morgan fingerprint density at radius 2 is 2.26 bits per heavy atom. The molecule has 0 bridgehead atoms. The Balaban J connectivity index is 2.87. The highest BCUT2D eigenvalue weighted by Gasteiger charge is 2.15. The van der Waals surface area contributed by atoms with Crippen molar-refractivity contribution < 1.29 is 14.3 Å². The number of nitrogens with zero attached hydrogens (tertiary/aromatic N) is 1. The number of hydrogen-bond acceptors (Lipinski definition) is 5. The second-order valence-corrected chi connectivity index (χ2v) is 3.84. The molecule has 0 aliphatic carbocycles. The SMILES string of the molecule is COc1cccc(C#N)c1NC(=O)CC(CN)OC. The van der Waals surface area contributed by atoms with E-state index in [0.29, 0.717) is 17.0 Å². The summed E-state index contributed by atoms with van der Waals surface area (Å²) in [6, 6.07) is 6.97. The minimum atomic E-state index is -0.347. The summed E-state index contributed by atoms with van der Waals surface area (Å²) in [6.45, 7) is 0.251. The van der Waals surface area contributed by atoms with Crippen molar-refractivity contribution in [3.8, 4) is 11.8 Å². The van der Waals surface area contributed by atoms with Crippen molar-refractivity contribution >= 4 is 11.6 Å². The van der Waals surface area contributed by atoms with Gasteiger partial charge >= 0.3 is 0 Å². The zero-order valence-corrected chi connectivity index (χ0v) is 11.0. The van der Waals surface area contributed by atoms with Gasteiger partial charge in [0, 0.05) is 13.7 Å². The molecule has 0 aromatic heterocycles. The summed E-state index contributed by atoms with van der Waals surface area (Å²) in [5, 5.41) is 11.7. The van der Waals surface area contributed by atoms with Gasteiger partial charge in [0.1, 0.15) is 17.5 Å². The lowest BCUT2D eigenvalue weighted by Crippen LogP contribution is -2.28. The Morgan fingerprint density at radius 3 is 2.79 bits per heavy atom. The lowest BCUT2D eigenvalue weighted by Gasteiger charge is -2.15. The second kappa shape index (κ2) is 7.36. The zero-order chi connectivity index (χ0) is 14.3. The molecule has 0 aliphatic rings. The largest absolute Gasteiger partial charge is 0.495 e. The van der Waals surface area contributed by atoms with Crippen molar-refractivity contribution in [2.24, 2.45) is 5.73 Å². The summed E-state index contributed by atoms with van der Waals surface area (Å²) < 4.78 is 10.2. The van der Waals surface area contributed by atoms with Crippen molar-refractivity contribution in [2.45, 2.75) is 12.5 Å². The molecule has 0 radical (unpaired) electrons. The molecule has 0 heterocycles. The third kappa shape index (κ3) is 3.95. The van der Waals surface area contributed by atoms with Crippen molar-refractivity contribution in [1.82, 2.24) is 0 Å². The number of nitrogens with one attached hydrogen (secondary N) is 1. The average Bonchev–Trinajstić information content (AvgIpc) is 2.44. The lowest BCUT2D eigenvalue weighted by molar-refractivity contribution is -0.118. The molecule has 0 saturated heterocycles. The number of nitrogens with two attached hydrogens (primary N) is 1. The molecule has 0 saturated carbocycles. The van der Waals surface area contributed by atoms with E-state index in [2.05, 4.69) is 5.32 Å². The Bertz CT molecular complexity index is 479. The first-order valence-electron chi connectivity index (χ1n) is 5.76. The van der Waals surface area contributed by atoms with Crippen LogP contribution in [0.4, 0.5) is 5.69 Å². The number of carbonyl (C=O) groups is 1. The molecule has 6 heteroatoms. The summed E-state index contributed by atoms with van der Waals surface area (Å²) >= 11 is 0. The number of nitriles is 1. The molecule has 102 valence electrons. The molecule has 1 amide bonds. The number of anilines is 1. The van der Waals surface area contributed by atoms with E-state index in [1.54, 1.807) is 18.2 Å². The lowest BCUT2D eigenvalue weighted by atomic mass is 10.1. The third-order valence-electron chi connectivity index (χ3n) is 2.64. The van der Waals surface area contributed by atoms with E-state index in [1.807, 2.05) is 6.07 Å². The summed E-state index contributed by atoms with van der Waals surface area (Å²) in [7, 11) is 2.97. The van der Waals surface area contributed by atoms with E-state index in [-0.39, 0.29) is 25.0 Å². The van der Waals surface area contributed by atoms with Gasteiger partial charge < -0.3 is 20.5 Å².